The van der Waals surface area contributed by atoms with E-state index in [1.807, 2.05) is 0 Å². The van der Waals surface area contributed by atoms with Crippen LogP contribution in [0.1, 0.15) is 15.9 Å². The normalized spacial score (nSPS) is 11.3. The molecule has 2 aromatic carbocycles. The molecule has 0 saturated carbocycles. The summed E-state index contributed by atoms with van der Waals surface area (Å²) in [5.41, 5.74) is 3.17. The van der Waals surface area contributed by atoms with Crippen molar-refractivity contribution in [2.45, 2.75) is 4.90 Å². The van der Waals surface area contributed by atoms with E-state index in [0.717, 1.165) is 0 Å². The van der Waals surface area contributed by atoms with E-state index >= 15 is 0 Å². The molecule has 0 radical (unpaired) electrons. The lowest BCUT2D eigenvalue weighted by molar-refractivity contribution is -0.139. The molecule has 2 rings (SSSR count). The van der Waals surface area contributed by atoms with E-state index in [-0.39, 0.29) is 10.5 Å². The summed E-state index contributed by atoms with van der Waals surface area (Å²) in [7, 11) is -3.81. The molecular weight excluding hydrogens is 362 g/mol. The van der Waals surface area contributed by atoms with E-state index in [1.165, 1.54) is 30.5 Å². The van der Waals surface area contributed by atoms with Crippen LogP contribution in [0.15, 0.2) is 58.5 Å². The van der Waals surface area contributed by atoms with Gasteiger partial charge in [-0.25, -0.2) is 23.8 Å². The standard InChI is InChI=1S/C16H15N3O6S/c17-26(23,24)14-7-3-12(4-8-14)16(22)19-18-9-11-1-5-13(6-2-11)25-10-15(20)21/h1-9H,10H2,(H,19,22)(H,20,21)(H2,17,23,24)/b18-9+. The molecule has 0 saturated heterocycles. The number of carbonyl (C=O) groups is 2. The van der Waals surface area contributed by atoms with Crippen molar-refractivity contribution in [2.24, 2.45) is 10.2 Å². The molecule has 0 aliphatic heterocycles. The molecule has 0 aliphatic carbocycles. The number of hydrogen-bond donors (Lipinski definition) is 3. The summed E-state index contributed by atoms with van der Waals surface area (Å²) >= 11 is 0. The number of nitrogens with one attached hydrogen (secondary N) is 1. The summed E-state index contributed by atoms with van der Waals surface area (Å²) in [5, 5.41) is 17.3. The van der Waals surface area contributed by atoms with Crippen molar-refractivity contribution in [1.82, 2.24) is 5.43 Å². The van der Waals surface area contributed by atoms with Crippen LogP contribution < -0.4 is 15.3 Å². The van der Waals surface area contributed by atoms with Gasteiger partial charge in [0.05, 0.1) is 11.1 Å². The molecule has 26 heavy (non-hydrogen) atoms. The van der Waals surface area contributed by atoms with E-state index in [0.29, 0.717) is 11.3 Å². The molecule has 0 atom stereocenters. The molecule has 0 aromatic heterocycles. The van der Waals surface area contributed by atoms with Gasteiger partial charge in [-0.2, -0.15) is 5.10 Å². The molecule has 0 spiro atoms. The van der Waals surface area contributed by atoms with Crippen LogP contribution in [0.25, 0.3) is 0 Å². The zero-order valence-electron chi connectivity index (χ0n) is 13.3. The molecule has 0 heterocycles. The van der Waals surface area contributed by atoms with Gasteiger partial charge in [0.2, 0.25) is 10.0 Å². The minimum atomic E-state index is -3.81. The average Bonchev–Trinajstić information content (AvgIpc) is 2.60. The third-order valence-corrected chi connectivity index (χ3v) is 4.00. The van der Waals surface area contributed by atoms with Crippen LogP contribution in [-0.2, 0) is 14.8 Å². The third-order valence-electron chi connectivity index (χ3n) is 3.07. The number of carboxylic acid groups (broad SMARTS) is 1. The summed E-state index contributed by atoms with van der Waals surface area (Å²) in [4.78, 5) is 22.2. The van der Waals surface area contributed by atoms with Gasteiger partial charge >= 0.3 is 5.97 Å². The Labute approximate surface area is 149 Å². The van der Waals surface area contributed by atoms with Gasteiger partial charge in [-0.15, -0.1) is 0 Å². The zero-order valence-corrected chi connectivity index (χ0v) is 14.1. The van der Waals surface area contributed by atoms with Gasteiger partial charge < -0.3 is 9.84 Å². The van der Waals surface area contributed by atoms with Crippen molar-refractivity contribution in [1.29, 1.82) is 0 Å². The molecule has 136 valence electrons. The van der Waals surface area contributed by atoms with Crippen LogP contribution in [0.5, 0.6) is 5.75 Å². The summed E-state index contributed by atoms with van der Waals surface area (Å²) in [6.07, 6.45) is 1.39. The Bertz CT molecular complexity index is 921. The number of aliphatic carboxylic acids is 1. The van der Waals surface area contributed by atoms with Crippen molar-refractivity contribution >= 4 is 28.1 Å². The quantitative estimate of drug-likeness (QED) is 0.474. The fourth-order valence-corrected chi connectivity index (χ4v) is 2.34. The Morgan fingerprint density at radius 2 is 1.73 bits per heavy atom. The number of ether oxygens (including phenoxy) is 1. The second kappa shape index (κ2) is 8.23. The average molecular weight is 377 g/mol. The highest BCUT2D eigenvalue weighted by Gasteiger charge is 2.09. The van der Waals surface area contributed by atoms with Crippen molar-refractivity contribution in [3.63, 3.8) is 0 Å². The van der Waals surface area contributed by atoms with E-state index in [9.17, 15) is 18.0 Å². The number of nitrogens with zero attached hydrogens (tertiary/aromatic N) is 1. The molecule has 1 amide bonds. The van der Waals surface area contributed by atoms with E-state index in [1.54, 1.807) is 24.3 Å². The lowest BCUT2D eigenvalue weighted by atomic mass is 10.2. The number of carbonyl (C=O) groups excluding carboxylic acids is 1. The number of amides is 1. The summed E-state index contributed by atoms with van der Waals surface area (Å²) in [6.45, 7) is -0.437. The minimum Gasteiger partial charge on any atom is -0.482 e. The summed E-state index contributed by atoms with van der Waals surface area (Å²) in [5.74, 6) is -1.21. The van der Waals surface area contributed by atoms with Crippen molar-refractivity contribution < 1.29 is 27.9 Å². The first kappa shape index (κ1) is 19.1. The Morgan fingerprint density at radius 3 is 2.27 bits per heavy atom. The number of rotatable bonds is 7. The lowest BCUT2D eigenvalue weighted by Crippen LogP contribution is -2.18. The van der Waals surface area contributed by atoms with Gasteiger partial charge in [-0.3, -0.25) is 4.79 Å². The number of carboxylic acids is 1. The molecular formula is C16H15N3O6S. The van der Waals surface area contributed by atoms with Gasteiger partial charge in [-0.05, 0) is 54.1 Å². The first-order chi connectivity index (χ1) is 12.3. The van der Waals surface area contributed by atoms with Crippen LogP contribution in [0, 0.1) is 0 Å². The van der Waals surface area contributed by atoms with Gasteiger partial charge in [-0.1, -0.05) is 0 Å². The van der Waals surface area contributed by atoms with Crippen LogP contribution in [0.2, 0.25) is 0 Å². The monoisotopic (exact) mass is 377 g/mol. The van der Waals surface area contributed by atoms with Gasteiger partial charge in [0.25, 0.3) is 5.91 Å². The summed E-state index contributed by atoms with van der Waals surface area (Å²) < 4.78 is 27.3. The molecule has 0 unspecified atom stereocenters. The van der Waals surface area contributed by atoms with E-state index < -0.39 is 28.5 Å². The number of hydrogen-bond acceptors (Lipinski definition) is 6. The van der Waals surface area contributed by atoms with Crippen LogP contribution in [0.3, 0.4) is 0 Å². The SMILES string of the molecule is NS(=O)(=O)c1ccc(C(=O)N/N=C/c2ccc(OCC(=O)O)cc2)cc1. The number of hydrazone groups is 1. The van der Waals surface area contributed by atoms with Crippen molar-refractivity contribution in [3.8, 4) is 5.75 Å². The third kappa shape index (κ3) is 5.69. The molecule has 4 N–H and O–H groups in total. The van der Waals surface area contributed by atoms with Gasteiger partial charge in [0, 0.05) is 5.56 Å². The van der Waals surface area contributed by atoms with Crippen molar-refractivity contribution in [3.05, 3.63) is 59.7 Å². The molecule has 0 bridgehead atoms. The zero-order chi connectivity index (χ0) is 19.2. The minimum absolute atomic E-state index is 0.0947. The maximum atomic E-state index is 11.9. The summed E-state index contributed by atoms with van der Waals surface area (Å²) in [6, 6.07) is 11.5. The topological polar surface area (TPSA) is 148 Å². The molecule has 10 heteroatoms. The second-order valence-corrected chi connectivity index (χ2v) is 6.58. The Morgan fingerprint density at radius 1 is 1.12 bits per heavy atom. The Hall–Kier alpha value is -3.24. The molecule has 9 nitrogen and oxygen atoms in total. The Kier molecular flexibility index (Phi) is 6.04. The second-order valence-electron chi connectivity index (χ2n) is 5.02. The molecule has 0 aliphatic rings. The Balaban J connectivity index is 1.93. The smallest absolute Gasteiger partial charge is 0.341 e. The van der Waals surface area contributed by atoms with Gasteiger partial charge in [0.15, 0.2) is 6.61 Å². The maximum Gasteiger partial charge on any atom is 0.341 e. The highest BCUT2D eigenvalue weighted by Crippen LogP contribution is 2.11. The van der Waals surface area contributed by atoms with Crippen LogP contribution >= 0.6 is 0 Å². The van der Waals surface area contributed by atoms with Gasteiger partial charge in [0.1, 0.15) is 5.75 Å². The molecule has 2 aromatic rings. The molecule has 0 fully saturated rings. The van der Waals surface area contributed by atoms with Crippen LogP contribution in [0.4, 0.5) is 0 Å². The highest BCUT2D eigenvalue weighted by atomic mass is 32.2. The first-order valence-corrected chi connectivity index (χ1v) is 8.71. The number of benzene rings is 2. The maximum absolute atomic E-state index is 11.9. The van der Waals surface area contributed by atoms with Crippen molar-refractivity contribution in [2.75, 3.05) is 6.61 Å². The highest BCUT2D eigenvalue weighted by molar-refractivity contribution is 7.89. The lowest BCUT2D eigenvalue weighted by Gasteiger charge is -2.03. The largest absolute Gasteiger partial charge is 0.482 e. The van der Waals surface area contributed by atoms with E-state index in [2.05, 4.69) is 10.5 Å². The van der Waals surface area contributed by atoms with Crippen LogP contribution in [-0.4, -0.2) is 38.2 Å². The number of sulfonamides is 1. The van der Waals surface area contributed by atoms with E-state index in [4.69, 9.17) is 15.0 Å². The number of primary sulfonamides is 1. The first-order valence-electron chi connectivity index (χ1n) is 7.16. The number of nitrogens with two attached hydrogens (primary N) is 1. The fraction of sp³-hybridized carbons (Fsp3) is 0.0625. The predicted molar refractivity (Wildman–Crippen MR) is 92.4 cm³/mol. The predicted octanol–water partition coefficient (Wildman–Crippen LogP) is 0.561. The fourth-order valence-electron chi connectivity index (χ4n) is 1.82.